The van der Waals surface area contributed by atoms with E-state index < -0.39 is 0 Å². The van der Waals surface area contributed by atoms with E-state index in [1.54, 1.807) is 0 Å². The van der Waals surface area contributed by atoms with E-state index >= 15 is 0 Å². The predicted molar refractivity (Wildman–Crippen MR) is 87.4 cm³/mol. The van der Waals surface area contributed by atoms with Crippen molar-refractivity contribution >= 4 is 33.3 Å². The van der Waals surface area contributed by atoms with Crippen molar-refractivity contribution in [2.45, 2.75) is 20.8 Å². The Kier molecular flexibility index (Phi) is 4.45. The van der Waals surface area contributed by atoms with Crippen LogP contribution >= 0.6 is 15.9 Å². The van der Waals surface area contributed by atoms with Gasteiger partial charge in [-0.2, -0.15) is 0 Å². The normalized spacial score (nSPS) is 10.2. The molecule has 2 N–H and O–H groups in total. The van der Waals surface area contributed by atoms with Gasteiger partial charge in [0, 0.05) is 10.2 Å². The highest BCUT2D eigenvalue weighted by molar-refractivity contribution is 9.10. The molecule has 0 saturated carbocycles. The van der Waals surface area contributed by atoms with Crippen molar-refractivity contribution in [2.24, 2.45) is 0 Å². The van der Waals surface area contributed by atoms with Crippen LogP contribution in [0.5, 0.6) is 0 Å². The largest absolute Gasteiger partial charge is 0.323 e. The number of carbonyl (C=O) groups is 1. The maximum atomic E-state index is 12.0. The summed E-state index contributed by atoms with van der Waals surface area (Å²) in [6.07, 6.45) is 0. The summed E-state index contributed by atoms with van der Waals surface area (Å²) in [5.41, 5.74) is 5.03. The van der Waals surface area contributed by atoms with Crippen LogP contribution in [0.2, 0.25) is 0 Å². The number of amides is 2. The Balaban J connectivity index is 2.07. The Labute approximate surface area is 127 Å². The van der Waals surface area contributed by atoms with Crippen LogP contribution in [-0.2, 0) is 0 Å². The van der Waals surface area contributed by atoms with Crippen molar-refractivity contribution in [1.82, 2.24) is 0 Å². The average Bonchev–Trinajstić information content (AvgIpc) is 2.37. The first-order chi connectivity index (χ1) is 9.45. The summed E-state index contributed by atoms with van der Waals surface area (Å²) in [7, 11) is 0. The fraction of sp³-hybridized carbons (Fsp3) is 0.188. The maximum Gasteiger partial charge on any atom is 0.323 e. The van der Waals surface area contributed by atoms with Crippen molar-refractivity contribution < 1.29 is 4.79 Å². The van der Waals surface area contributed by atoms with Crippen LogP contribution in [0.25, 0.3) is 0 Å². The topological polar surface area (TPSA) is 41.1 Å². The molecule has 0 unspecified atom stereocenters. The number of urea groups is 1. The number of nitrogens with one attached hydrogen (secondary N) is 2. The molecule has 2 rings (SSSR count). The first kappa shape index (κ1) is 14.6. The molecule has 0 aliphatic carbocycles. The molecule has 0 atom stereocenters. The maximum absolute atomic E-state index is 12.0. The van der Waals surface area contributed by atoms with Crippen molar-refractivity contribution in [1.29, 1.82) is 0 Å². The smallest absolute Gasteiger partial charge is 0.308 e. The average molecular weight is 333 g/mol. The number of carbonyl (C=O) groups excluding carboxylic acids is 1. The van der Waals surface area contributed by atoms with Gasteiger partial charge in [-0.05, 0) is 77.7 Å². The molecule has 2 aromatic rings. The van der Waals surface area contributed by atoms with Crippen LogP contribution in [0.1, 0.15) is 16.7 Å². The van der Waals surface area contributed by atoms with E-state index in [1.165, 1.54) is 5.56 Å². The number of benzene rings is 2. The van der Waals surface area contributed by atoms with E-state index in [9.17, 15) is 4.79 Å². The number of hydrogen-bond acceptors (Lipinski definition) is 1. The molecule has 0 aliphatic rings. The molecule has 0 heterocycles. The molecule has 0 spiro atoms. The molecule has 2 aromatic carbocycles. The first-order valence-electron chi connectivity index (χ1n) is 6.37. The van der Waals surface area contributed by atoms with Gasteiger partial charge >= 0.3 is 6.03 Å². The van der Waals surface area contributed by atoms with Crippen molar-refractivity contribution in [3.63, 3.8) is 0 Å². The molecule has 0 saturated heterocycles. The summed E-state index contributed by atoms with van der Waals surface area (Å²) >= 11 is 3.44. The fourth-order valence-corrected chi connectivity index (χ4v) is 2.42. The van der Waals surface area contributed by atoms with Crippen LogP contribution in [0, 0.1) is 20.8 Å². The summed E-state index contributed by atoms with van der Waals surface area (Å²) in [6.45, 7) is 6.07. The molecule has 20 heavy (non-hydrogen) atoms. The van der Waals surface area contributed by atoms with Gasteiger partial charge in [-0.25, -0.2) is 4.79 Å². The second-order valence-electron chi connectivity index (χ2n) is 4.86. The van der Waals surface area contributed by atoms with Gasteiger partial charge in [-0.3, -0.25) is 0 Å². The lowest BCUT2D eigenvalue weighted by molar-refractivity contribution is 0.262. The highest BCUT2D eigenvalue weighted by Gasteiger charge is 2.06. The molecule has 0 aliphatic heterocycles. The highest BCUT2D eigenvalue weighted by Crippen LogP contribution is 2.23. The lowest BCUT2D eigenvalue weighted by atomic mass is 10.1. The SMILES string of the molecule is Cc1ccc(NC(=O)Nc2ccc(C)c(C)c2)c(Br)c1. The van der Waals surface area contributed by atoms with Crippen LogP contribution in [-0.4, -0.2) is 6.03 Å². The Morgan fingerprint density at radius 2 is 1.70 bits per heavy atom. The van der Waals surface area contributed by atoms with Crippen LogP contribution < -0.4 is 10.6 Å². The Morgan fingerprint density at radius 1 is 0.950 bits per heavy atom. The van der Waals surface area contributed by atoms with Crippen molar-refractivity contribution in [3.05, 3.63) is 57.6 Å². The van der Waals surface area contributed by atoms with Crippen LogP contribution in [0.15, 0.2) is 40.9 Å². The van der Waals surface area contributed by atoms with Gasteiger partial charge in [0.1, 0.15) is 0 Å². The molecule has 104 valence electrons. The Hall–Kier alpha value is -1.81. The van der Waals surface area contributed by atoms with Crippen molar-refractivity contribution in [3.8, 4) is 0 Å². The molecule has 4 heteroatoms. The highest BCUT2D eigenvalue weighted by atomic mass is 79.9. The molecule has 0 radical (unpaired) electrons. The molecule has 3 nitrogen and oxygen atoms in total. The van der Waals surface area contributed by atoms with E-state index in [4.69, 9.17) is 0 Å². The monoisotopic (exact) mass is 332 g/mol. The summed E-state index contributed by atoms with van der Waals surface area (Å²) in [4.78, 5) is 12.0. The molecular weight excluding hydrogens is 316 g/mol. The molecule has 2 amide bonds. The minimum Gasteiger partial charge on any atom is -0.308 e. The Bertz CT molecular complexity index is 653. The Morgan fingerprint density at radius 3 is 2.35 bits per heavy atom. The first-order valence-corrected chi connectivity index (χ1v) is 7.16. The summed E-state index contributed by atoms with van der Waals surface area (Å²) < 4.78 is 0.868. The second-order valence-corrected chi connectivity index (χ2v) is 5.72. The quantitative estimate of drug-likeness (QED) is 0.796. The molecule has 0 bridgehead atoms. The molecule has 0 fully saturated rings. The van der Waals surface area contributed by atoms with Gasteiger partial charge in [-0.1, -0.05) is 12.1 Å². The zero-order chi connectivity index (χ0) is 14.7. The van der Waals surface area contributed by atoms with E-state index in [0.717, 1.165) is 27.0 Å². The van der Waals surface area contributed by atoms with Gasteiger partial charge in [0.25, 0.3) is 0 Å². The number of aryl methyl sites for hydroxylation is 3. The zero-order valence-electron chi connectivity index (χ0n) is 11.8. The third kappa shape index (κ3) is 3.61. The van der Waals surface area contributed by atoms with Crippen molar-refractivity contribution in [2.75, 3.05) is 10.6 Å². The third-order valence-corrected chi connectivity index (χ3v) is 3.79. The number of hydrogen-bond donors (Lipinski definition) is 2. The minimum atomic E-state index is -0.252. The summed E-state index contributed by atoms with van der Waals surface area (Å²) in [5.74, 6) is 0. The number of rotatable bonds is 2. The van der Waals surface area contributed by atoms with Crippen LogP contribution in [0.4, 0.5) is 16.2 Å². The van der Waals surface area contributed by atoms with E-state index in [2.05, 4.69) is 26.6 Å². The fourth-order valence-electron chi connectivity index (χ4n) is 1.83. The molecule has 0 aromatic heterocycles. The molecular formula is C16H17BrN2O. The number of halogens is 1. The minimum absolute atomic E-state index is 0.252. The van der Waals surface area contributed by atoms with Gasteiger partial charge in [0.05, 0.1) is 5.69 Å². The van der Waals surface area contributed by atoms with Gasteiger partial charge in [0.2, 0.25) is 0 Å². The lowest BCUT2D eigenvalue weighted by Crippen LogP contribution is -2.19. The third-order valence-electron chi connectivity index (χ3n) is 3.14. The zero-order valence-corrected chi connectivity index (χ0v) is 13.3. The van der Waals surface area contributed by atoms with Crippen LogP contribution in [0.3, 0.4) is 0 Å². The lowest BCUT2D eigenvalue weighted by Gasteiger charge is -2.11. The predicted octanol–water partition coefficient (Wildman–Crippen LogP) is 5.02. The summed E-state index contributed by atoms with van der Waals surface area (Å²) in [5, 5.41) is 5.65. The van der Waals surface area contributed by atoms with E-state index in [0.29, 0.717) is 0 Å². The number of anilines is 2. The van der Waals surface area contributed by atoms with Gasteiger partial charge < -0.3 is 10.6 Å². The standard InChI is InChI=1S/C16H17BrN2O/c1-10-4-7-15(14(17)8-10)19-16(20)18-13-6-5-11(2)12(3)9-13/h4-9H,1-3H3,(H2,18,19,20). The summed E-state index contributed by atoms with van der Waals surface area (Å²) in [6, 6.07) is 11.4. The van der Waals surface area contributed by atoms with E-state index in [1.807, 2.05) is 57.2 Å². The van der Waals surface area contributed by atoms with E-state index in [-0.39, 0.29) is 6.03 Å². The van der Waals surface area contributed by atoms with Gasteiger partial charge in [-0.15, -0.1) is 0 Å². The second kappa shape index (κ2) is 6.09. The van der Waals surface area contributed by atoms with Gasteiger partial charge in [0.15, 0.2) is 0 Å².